The number of imidazole rings is 4. The number of aromatic nitrogens is 16. The van der Waals surface area contributed by atoms with Crippen LogP contribution in [0.1, 0.15) is 190 Å². The maximum Gasteiger partial charge on any atom is 1.00 e. The van der Waals surface area contributed by atoms with Crippen molar-refractivity contribution in [3.8, 4) is 6.07 Å². The van der Waals surface area contributed by atoms with Crippen molar-refractivity contribution in [2.75, 3.05) is 35.0 Å². The van der Waals surface area contributed by atoms with Gasteiger partial charge in [-0.2, -0.15) is 12.4 Å². The van der Waals surface area contributed by atoms with E-state index in [9.17, 15) is 44.3 Å². The van der Waals surface area contributed by atoms with E-state index in [0.717, 1.165) is 26.4 Å². The summed E-state index contributed by atoms with van der Waals surface area (Å²) in [5.41, 5.74) is 6.15. The fourth-order valence-electron chi connectivity index (χ4n) is 15.2. The second-order valence-corrected chi connectivity index (χ2v) is 32.0. The number of carbonyl (C=O) groups excluding carboxylic acids is 5. The Balaban J connectivity index is 0.000000159. The number of aliphatic hydroxyl groups is 2. The van der Waals surface area contributed by atoms with Crippen LogP contribution < -0.4 is 55.9 Å². The molecule has 17 rings (SSSR count). The summed E-state index contributed by atoms with van der Waals surface area (Å²) >= 11 is 0. The second-order valence-electron chi connectivity index (χ2n) is 30.6. The van der Waals surface area contributed by atoms with Gasteiger partial charge >= 0.3 is 35.5 Å². The van der Waals surface area contributed by atoms with Gasteiger partial charge in [-0.3, -0.25) is 47.6 Å². The summed E-state index contributed by atoms with van der Waals surface area (Å²) in [5, 5.41) is 59.5. The van der Waals surface area contributed by atoms with Crippen LogP contribution in [0.3, 0.4) is 0 Å². The van der Waals surface area contributed by atoms with E-state index in [0.29, 0.717) is 129 Å². The van der Waals surface area contributed by atoms with E-state index >= 15 is 0 Å². The molecule has 13 aromatic rings. The third kappa shape index (κ3) is 23.5. The van der Waals surface area contributed by atoms with Crippen LogP contribution in [-0.4, -0.2) is 202 Å². The molecule has 6 N–H and O–H groups in total. The average molecular weight is 1820 g/mol. The average Bonchev–Trinajstić information content (AvgIpc) is 1.64. The molecule has 4 saturated heterocycles. The summed E-state index contributed by atoms with van der Waals surface area (Å²) in [6.45, 7) is 16.7. The van der Waals surface area contributed by atoms with Crippen LogP contribution >= 0.6 is 8.53 Å². The molecule has 0 bridgehead atoms. The Labute approximate surface area is 775 Å². The van der Waals surface area contributed by atoms with E-state index in [4.69, 9.17) is 43.1 Å². The quantitative estimate of drug-likeness (QED) is 0.00696. The second kappa shape index (κ2) is 46.4. The fraction of sp³-hybridized carbons (Fsp3) is 0.371. The standard InChI is InChI=1S/C27H36N7O4P.C25H22N6O6.2C18H19N5O3.CH3O.Na/c1-6-21-22(38-39(36-14-10-13-28)34(18(2)3)19(4)5)15-23(37-21)33-17-31-24-25(29-16-30-26(24)33)32-27(35)20-11-8-7-9-12-20;1-2-18-19(37-25(33)16-8-10-17(11-9-16)31(34)35)12-20(36-18)30-14-28-21-22(26-13-27-23(21)30)29-24(32)15-6-4-3-5-7-15;2*1-2-13-12(24)8-14(26-13)23-10-21-15-16(19-9-20-17(15)23)22-18(25)11-6-4-3-5-7-11;1-2;/h7-9,11-12,16-19,21-23H,6,10,14-15H2,1-5H3,(H,29,30,32,35);3-11,13-14,18-20H,2,12H2,1H3,(H,26,27,29,32);2*3-7,9-10,12-14,24H,2,8H2,1H3,(H,19,20,22,25);1H3;/q;;;;-1;+1/t21-,22-,23-,39?;18-,19-,20-;12-,13+,14+;12-,13-,14-;;/m1101../s1. The Hall–Kier alpha value is -12.4. The van der Waals surface area contributed by atoms with Gasteiger partial charge in [-0.1, -0.05) is 100 Å². The molecule has 4 aliphatic rings. The first-order valence-electron chi connectivity index (χ1n) is 42.4. The predicted octanol–water partition coefficient (Wildman–Crippen LogP) is 9.60. The number of nitrogens with zero attached hydrogens (tertiary/aromatic N) is 19. The predicted molar refractivity (Wildman–Crippen MR) is 474 cm³/mol. The first-order chi connectivity index (χ1) is 63.1. The summed E-state index contributed by atoms with van der Waals surface area (Å²) in [6.07, 6.45) is 12.6. The number of esters is 1. The Morgan fingerprint density at radius 2 is 0.771 bits per heavy atom. The van der Waals surface area contributed by atoms with Gasteiger partial charge in [0.1, 0.15) is 56.3 Å². The number of nitro groups is 1. The summed E-state index contributed by atoms with van der Waals surface area (Å²) in [7, 11) is -0.652. The molecular weight excluding hydrogens is 1720 g/mol. The van der Waals surface area contributed by atoms with Crippen molar-refractivity contribution >= 4 is 112 Å². The number of nitriles is 1. The normalized spacial score (nSPS) is 20.4. The number of fused-ring (bicyclic) bond motifs is 4. The van der Waals surface area contributed by atoms with Gasteiger partial charge in [-0.25, -0.2) is 69.3 Å². The third-order valence-electron chi connectivity index (χ3n) is 21.6. The molecule has 12 heterocycles. The molecule has 5 aromatic carbocycles. The van der Waals surface area contributed by atoms with Gasteiger partial charge in [-0.05, 0) is 114 Å². The minimum atomic E-state index is -1.40. The minimum Gasteiger partial charge on any atom is -0.857 e. The van der Waals surface area contributed by atoms with E-state index in [1.165, 1.54) is 49.6 Å². The maximum atomic E-state index is 12.7. The van der Waals surface area contributed by atoms with Crippen LogP contribution in [0.25, 0.3) is 44.7 Å². The number of amides is 4. The molecule has 678 valence electrons. The molecule has 4 fully saturated rings. The van der Waals surface area contributed by atoms with Crippen molar-refractivity contribution < 1.29 is 107 Å². The molecule has 0 aliphatic carbocycles. The molecule has 8 aromatic heterocycles. The topological polar surface area (TPSA) is 506 Å². The van der Waals surface area contributed by atoms with Gasteiger partial charge in [-0.15, -0.1) is 0 Å². The van der Waals surface area contributed by atoms with Crippen LogP contribution in [0.4, 0.5) is 29.0 Å². The van der Waals surface area contributed by atoms with Gasteiger partial charge in [0.05, 0.1) is 97.6 Å². The van der Waals surface area contributed by atoms with E-state index in [2.05, 4.69) is 126 Å². The van der Waals surface area contributed by atoms with Gasteiger partial charge in [0.2, 0.25) is 0 Å². The third-order valence-corrected chi connectivity index (χ3v) is 23.7. The molecule has 1 unspecified atom stereocenters. The van der Waals surface area contributed by atoms with Crippen molar-refractivity contribution in [2.45, 2.75) is 199 Å². The number of carbonyl (C=O) groups is 5. The Morgan fingerprint density at radius 3 is 1.07 bits per heavy atom. The van der Waals surface area contributed by atoms with E-state index in [-0.39, 0.29) is 132 Å². The van der Waals surface area contributed by atoms with Crippen molar-refractivity contribution in [1.82, 2.24) is 82.7 Å². The monoisotopic (exact) mass is 1820 g/mol. The van der Waals surface area contributed by atoms with Crippen LogP contribution in [0, 0.1) is 21.4 Å². The van der Waals surface area contributed by atoms with Gasteiger partial charge in [0.25, 0.3) is 37.8 Å². The summed E-state index contributed by atoms with van der Waals surface area (Å²) < 4.78 is 52.2. The first kappa shape index (κ1) is 97.6. The van der Waals surface area contributed by atoms with Crippen molar-refractivity contribution in [3.05, 3.63) is 234 Å². The smallest absolute Gasteiger partial charge is 0.857 e. The van der Waals surface area contributed by atoms with E-state index in [1.54, 1.807) is 136 Å². The largest absolute Gasteiger partial charge is 1.00 e. The molecule has 40 nitrogen and oxygen atoms in total. The van der Waals surface area contributed by atoms with Crippen LogP contribution in [0.2, 0.25) is 0 Å². The molecular formula is C89H99N23NaO17P. The Bertz CT molecular complexity index is 5880. The molecule has 42 heteroatoms. The van der Waals surface area contributed by atoms with Crippen molar-refractivity contribution in [2.24, 2.45) is 0 Å². The van der Waals surface area contributed by atoms with Gasteiger partial charge in [0, 0.05) is 72.2 Å². The number of anilines is 4. The molecule has 0 saturated carbocycles. The number of nitro benzene ring substituents is 1. The molecule has 4 amide bonds. The van der Waals surface area contributed by atoms with Crippen molar-refractivity contribution in [3.63, 3.8) is 0 Å². The Kier molecular flexibility index (Phi) is 34.6. The first-order valence-corrected chi connectivity index (χ1v) is 43.5. The number of ether oxygens (including phenoxy) is 5. The summed E-state index contributed by atoms with van der Waals surface area (Å²) in [6, 6.07) is 43.3. The van der Waals surface area contributed by atoms with Gasteiger partial charge in [0.15, 0.2) is 67.9 Å². The minimum absolute atomic E-state index is 0. The molecule has 131 heavy (non-hydrogen) atoms. The summed E-state index contributed by atoms with van der Waals surface area (Å²) in [5.74, 6) is -0.429. The van der Waals surface area contributed by atoms with Crippen LogP contribution in [-0.2, 0) is 32.7 Å². The zero-order valence-corrected chi connectivity index (χ0v) is 76.5. The zero-order valence-electron chi connectivity index (χ0n) is 73.6. The SMILES string of the molecule is CC[C@H]1O[C@@H](n2cnc3c(NC(=O)c4ccccc4)ncnc32)C[C@@H]1O.CC[C@H]1O[C@@H](n2cnc3c(NC(=O)c4ccccc4)ncnc32)C[C@H]1O.CC[C@H]1O[C@@H](n2cnc3c(NC(=O)c4ccccc4)ncnc32)C[C@H]1OC(=O)c1ccc([N+](=O)[O-])cc1.CC[C@H]1O[C@@H](n2cnc3c(NC(=O)c4ccccc4)ncnc32)C[C@H]1OP(OCCC#N)N(C(C)C)C(C)C.C[O-].[Na+]. The molecule has 13 atom stereocenters. The summed E-state index contributed by atoms with van der Waals surface area (Å²) in [4.78, 5) is 125. The number of benzene rings is 5. The Morgan fingerprint density at radius 1 is 0.466 bits per heavy atom. The van der Waals surface area contributed by atoms with Crippen LogP contribution in [0.15, 0.2) is 196 Å². The van der Waals surface area contributed by atoms with E-state index in [1.807, 2.05) is 49.6 Å². The number of nitrogens with one attached hydrogen (secondary N) is 4. The molecule has 4 aliphatic heterocycles. The number of hydrogen-bond acceptors (Lipinski definition) is 31. The van der Waals surface area contributed by atoms with Crippen molar-refractivity contribution in [1.29, 1.82) is 5.26 Å². The molecule has 0 spiro atoms. The number of aliphatic hydroxyl groups excluding tert-OH is 2. The number of non-ortho nitro benzene ring substituents is 1. The molecule has 0 radical (unpaired) electrons. The van der Waals surface area contributed by atoms with Crippen LogP contribution in [0.5, 0.6) is 0 Å². The van der Waals surface area contributed by atoms with Gasteiger partial charge < -0.3 is 69.3 Å². The fourth-order valence-corrected chi connectivity index (χ4v) is 17.0. The zero-order chi connectivity index (χ0) is 92.1. The maximum absolute atomic E-state index is 12.7. The number of hydrogen-bond donors (Lipinski definition) is 6. The number of rotatable bonds is 27. The van der Waals surface area contributed by atoms with E-state index < -0.39 is 44.0 Å².